The number of benzene rings is 2. The van der Waals surface area contributed by atoms with E-state index in [0.717, 1.165) is 11.3 Å². The molecule has 3 aromatic rings. The number of rotatable bonds is 4. The Morgan fingerprint density at radius 1 is 1.09 bits per heavy atom. The van der Waals surface area contributed by atoms with Crippen molar-refractivity contribution >= 4 is 5.82 Å². The molecule has 0 bridgehead atoms. The third kappa shape index (κ3) is 2.79. The summed E-state index contributed by atoms with van der Waals surface area (Å²) in [5.74, 6) is 0.247. The lowest BCUT2D eigenvalue weighted by Crippen LogP contribution is -1.97. The smallest absolute Gasteiger partial charge is 0.192 e. The second-order valence-corrected chi connectivity index (χ2v) is 4.97. The van der Waals surface area contributed by atoms with Crippen LogP contribution in [-0.4, -0.2) is 9.78 Å². The molecule has 2 aromatic carbocycles. The average molecular weight is 297 g/mol. The Balaban J connectivity index is 1.74. The number of nitrogens with zero attached hydrogens (tertiary/aromatic N) is 2. The summed E-state index contributed by atoms with van der Waals surface area (Å²) in [5, 5.41) is 4.08. The second-order valence-electron chi connectivity index (χ2n) is 4.97. The molecule has 0 aliphatic heterocycles. The van der Waals surface area contributed by atoms with Gasteiger partial charge in [0.25, 0.3) is 0 Å². The topological polar surface area (TPSA) is 53.1 Å². The normalized spacial score (nSPS) is 10.6. The molecule has 0 atom stereocenters. The molecule has 0 aliphatic rings. The Hall–Kier alpha value is -2.82. The minimum Gasteiger partial charge on any atom is -0.489 e. The van der Waals surface area contributed by atoms with Crippen LogP contribution >= 0.6 is 0 Å². The van der Waals surface area contributed by atoms with Crippen LogP contribution in [0.5, 0.6) is 5.75 Å². The van der Waals surface area contributed by atoms with Crippen LogP contribution < -0.4 is 10.5 Å². The highest BCUT2D eigenvalue weighted by molar-refractivity contribution is 5.64. The van der Waals surface area contributed by atoms with Gasteiger partial charge in [-0.2, -0.15) is 5.10 Å². The maximum atomic E-state index is 13.9. The first-order valence-corrected chi connectivity index (χ1v) is 6.90. The largest absolute Gasteiger partial charge is 0.489 e. The lowest BCUT2D eigenvalue weighted by Gasteiger charge is -2.06. The van der Waals surface area contributed by atoms with E-state index in [9.17, 15) is 4.39 Å². The van der Waals surface area contributed by atoms with Crippen molar-refractivity contribution in [2.45, 2.75) is 6.61 Å². The zero-order valence-corrected chi connectivity index (χ0v) is 12.2. The summed E-state index contributed by atoms with van der Waals surface area (Å²) in [6.45, 7) is 0.491. The number of ether oxygens (including phenoxy) is 1. The molecule has 0 aliphatic carbocycles. The van der Waals surface area contributed by atoms with E-state index in [1.54, 1.807) is 31.3 Å². The number of hydrogen-bond donors (Lipinski definition) is 1. The van der Waals surface area contributed by atoms with Crippen molar-refractivity contribution in [2.24, 2.45) is 7.05 Å². The van der Waals surface area contributed by atoms with Crippen molar-refractivity contribution in [3.8, 4) is 17.0 Å². The van der Waals surface area contributed by atoms with Gasteiger partial charge in [0.15, 0.2) is 11.6 Å². The Labute approximate surface area is 128 Å². The highest BCUT2D eigenvalue weighted by Crippen LogP contribution is 2.26. The summed E-state index contributed by atoms with van der Waals surface area (Å²) in [6, 6.07) is 17.0. The highest BCUT2D eigenvalue weighted by atomic mass is 19.1. The van der Waals surface area contributed by atoms with Crippen molar-refractivity contribution in [1.29, 1.82) is 0 Å². The summed E-state index contributed by atoms with van der Waals surface area (Å²) in [7, 11) is 1.61. The van der Waals surface area contributed by atoms with Gasteiger partial charge in [-0.05, 0) is 29.8 Å². The van der Waals surface area contributed by atoms with Crippen LogP contribution in [0.1, 0.15) is 5.56 Å². The van der Waals surface area contributed by atoms with Crippen molar-refractivity contribution < 1.29 is 9.13 Å². The Morgan fingerprint density at radius 3 is 2.36 bits per heavy atom. The Morgan fingerprint density at radius 2 is 1.77 bits per heavy atom. The molecule has 0 unspecified atom stereocenters. The van der Waals surface area contributed by atoms with Gasteiger partial charge in [0.1, 0.15) is 18.1 Å². The van der Waals surface area contributed by atoms with E-state index in [-0.39, 0.29) is 11.5 Å². The molecule has 1 heterocycles. The number of nitrogens with two attached hydrogens (primary N) is 1. The highest BCUT2D eigenvalue weighted by Gasteiger charge is 2.15. The lowest BCUT2D eigenvalue weighted by molar-refractivity contribution is 0.306. The van der Waals surface area contributed by atoms with Crippen LogP contribution in [0.3, 0.4) is 0 Å². The molecule has 1 aromatic heterocycles. The predicted octanol–water partition coefficient (Wildman–Crippen LogP) is 3.39. The fourth-order valence-electron chi connectivity index (χ4n) is 2.15. The molecule has 2 N–H and O–H groups in total. The maximum absolute atomic E-state index is 13.9. The molecule has 0 fully saturated rings. The van der Waals surface area contributed by atoms with E-state index < -0.39 is 5.82 Å². The first-order chi connectivity index (χ1) is 10.6. The summed E-state index contributed by atoms with van der Waals surface area (Å²) in [5.41, 5.74) is 7.58. The van der Waals surface area contributed by atoms with Gasteiger partial charge in [0.2, 0.25) is 0 Å². The minimum atomic E-state index is -0.500. The van der Waals surface area contributed by atoms with Gasteiger partial charge in [-0.25, -0.2) is 9.07 Å². The van der Waals surface area contributed by atoms with Gasteiger partial charge in [0.05, 0.1) is 0 Å². The van der Waals surface area contributed by atoms with E-state index >= 15 is 0 Å². The van der Waals surface area contributed by atoms with Crippen LogP contribution in [0, 0.1) is 5.82 Å². The van der Waals surface area contributed by atoms with E-state index in [1.807, 2.05) is 30.3 Å². The van der Waals surface area contributed by atoms with Crippen LogP contribution in [0.15, 0.2) is 54.6 Å². The first-order valence-electron chi connectivity index (χ1n) is 6.90. The second kappa shape index (κ2) is 5.89. The van der Waals surface area contributed by atoms with Gasteiger partial charge < -0.3 is 10.5 Å². The van der Waals surface area contributed by atoms with Crippen LogP contribution in [0.25, 0.3) is 11.3 Å². The maximum Gasteiger partial charge on any atom is 0.192 e. The van der Waals surface area contributed by atoms with E-state index in [4.69, 9.17) is 10.5 Å². The Kier molecular flexibility index (Phi) is 3.78. The van der Waals surface area contributed by atoms with E-state index in [1.165, 1.54) is 4.68 Å². The molecular formula is C17H16FN3O. The fourth-order valence-corrected chi connectivity index (χ4v) is 2.15. The van der Waals surface area contributed by atoms with Crippen LogP contribution in [0.4, 0.5) is 10.2 Å². The zero-order valence-electron chi connectivity index (χ0n) is 12.2. The van der Waals surface area contributed by atoms with Crippen molar-refractivity contribution in [1.82, 2.24) is 9.78 Å². The molecule has 4 nitrogen and oxygen atoms in total. The van der Waals surface area contributed by atoms with Gasteiger partial charge in [-0.3, -0.25) is 0 Å². The molecule has 3 rings (SSSR count). The average Bonchev–Trinajstić information content (AvgIpc) is 2.82. The number of aromatic nitrogens is 2. The number of halogens is 1. The molecule has 0 saturated heterocycles. The van der Waals surface area contributed by atoms with Gasteiger partial charge >= 0.3 is 0 Å². The monoisotopic (exact) mass is 297 g/mol. The quantitative estimate of drug-likeness (QED) is 0.803. The molecule has 0 amide bonds. The van der Waals surface area contributed by atoms with Crippen molar-refractivity contribution in [3.63, 3.8) is 0 Å². The molecule has 0 saturated carbocycles. The number of aryl methyl sites for hydroxylation is 1. The summed E-state index contributed by atoms with van der Waals surface area (Å²) < 4.78 is 21.0. The van der Waals surface area contributed by atoms with E-state index in [0.29, 0.717) is 12.2 Å². The summed E-state index contributed by atoms with van der Waals surface area (Å²) in [6.07, 6.45) is 0. The SMILES string of the molecule is Cn1nc(-c2ccc(OCc3ccccc3)cc2)c(F)c1N. The molecular weight excluding hydrogens is 281 g/mol. The zero-order chi connectivity index (χ0) is 15.5. The van der Waals surface area contributed by atoms with E-state index in [2.05, 4.69) is 5.10 Å². The van der Waals surface area contributed by atoms with Crippen LogP contribution in [-0.2, 0) is 13.7 Å². The lowest BCUT2D eigenvalue weighted by atomic mass is 10.1. The van der Waals surface area contributed by atoms with Crippen molar-refractivity contribution in [3.05, 3.63) is 66.0 Å². The predicted molar refractivity (Wildman–Crippen MR) is 83.8 cm³/mol. The summed E-state index contributed by atoms with van der Waals surface area (Å²) in [4.78, 5) is 0. The van der Waals surface area contributed by atoms with Crippen LogP contribution in [0.2, 0.25) is 0 Å². The Bertz CT molecular complexity index is 767. The first kappa shape index (κ1) is 14.1. The van der Waals surface area contributed by atoms with Crippen molar-refractivity contribution in [2.75, 3.05) is 5.73 Å². The molecule has 0 spiro atoms. The number of hydrogen-bond acceptors (Lipinski definition) is 3. The minimum absolute atomic E-state index is 0.0272. The van der Waals surface area contributed by atoms with Gasteiger partial charge in [-0.1, -0.05) is 30.3 Å². The van der Waals surface area contributed by atoms with Gasteiger partial charge in [0, 0.05) is 12.6 Å². The third-order valence-corrected chi connectivity index (χ3v) is 3.41. The molecule has 5 heteroatoms. The summed E-state index contributed by atoms with van der Waals surface area (Å²) >= 11 is 0. The molecule has 112 valence electrons. The fraction of sp³-hybridized carbons (Fsp3) is 0.118. The number of nitrogen functional groups attached to an aromatic ring is 1. The molecule has 22 heavy (non-hydrogen) atoms. The van der Waals surface area contributed by atoms with Gasteiger partial charge in [-0.15, -0.1) is 0 Å². The molecule has 0 radical (unpaired) electrons. The third-order valence-electron chi connectivity index (χ3n) is 3.41. The standard InChI is InChI=1S/C17H16FN3O/c1-21-17(19)15(18)16(20-21)13-7-9-14(10-8-13)22-11-12-5-3-2-4-6-12/h2-10H,11,19H2,1H3. The number of anilines is 1.